The van der Waals surface area contributed by atoms with Crippen molar-refractivity contribution in [1.82, 2.24) is 0 Å². The Morgan fingerprint density at radius 2 is 2.17 bits per heavy atom. The molecule has 1 atom stereocenters. The quantitative estimate of drug-likeness (QED) is 0.870. The highest BCUT2D eigenvalue weighted by Crippen LogP contribution is 2.38. The number of rotatable bonds is 3. The Morgan fingerprint density at radius 3 is 2.89 bits per heavy atom. The van der Waals surface area contributed by atoms with Crippen molar-refractivity contribution in [2.75, 3.05) is 13.2 Å². The van der Waals surface area contributed by atoms with Gasteiger partial charge in [-0.15, -0.1) is 0 Å². The second-order valence-electron chi connectivity index (χ2n) is 4.10. The van der Waals surface area contributed by atoms with Crippen LogP contribution in [0.2, 0.25) is 5.02 Å². The Labute approximate surface area is 109 Å². The molecule has 0 amide bonds. The van der Waals surface area contributed by atoms with E-state index in [0.717, 1.165) is 12.0 Å². The van der Waals surface area contributed by atoms with Crippen molar-refractivity contribution in [1.29, 1.82) is 0 Å². The summed E-state index contributed by atoms with van der Waals surface area (Å²) >= 11 is 6.09. The third-order valence-electron chi connectivity index (χ3n) is 2.63. The van der Waals surface area contributed by atoms with Gasteiger partial charge < -0.3 is 20.3 Å². The minimum Gasteiger partial charge on any atom is -0.489 e. The molecule has 1 heterocycles. The highest BCUT2D eigenvalue weighted by Gasteiger charge is 2.18. The molecule has 1 aromatic carbocycles. The molecule has 0 bridgehead atoms. The third kappa shape index (κ3) is 2.86. The number of aliphatic carboxylic acids is 1. The van der Waals surface area contributed by atoms with Crippen LogP contribution in [0.1, 0.15) is 12.0 Å². The van der Waals surface area contributed by atoms with Gasteiger partial charge in [-0.25, -0.2) is 0 Å². The van der Waals surface area contributed by atoms with Crippen LogP contribution < -0.4 is 15.2 Å². The van der Waals surface area contributed by atoms with Gasteiger partial charge in [0.15, 0.2) is 11.5 Å². The van der Waals surface area contributed by atoms with Crippen molar-refractivity contribution in [3.63, 3.8) is 0 Å². The molecular formula is C12H14ClNO4. The fourth-order valence-electron chi connectivity index (χ4n) is 1.74. The Kier molecular flexibility index (Phi) is 3.93. The number of benzene rings is 1. The van der Waals surface area contributed by atoms with Gasteiger partial charge in [-0.3, -0.25) is 4.79 Å². The zero-order valence-corrected chi connectivity index (χ0v) is 10.4. The van der Waals surface area contributed by atoms with E-state index in [1.807, 2.05) is 0 Å². The van der Waals surface area contributed by atoms with Gasteiger partial charge in [0.25, 0.3) is 0 Å². The lowest BCUT2D eigenvalue weighted by Gasteiger charge is -2.12. The second kappa shape index (κ2) is 5.46. The number of hydrogen-bond donors (Lipinski definition) is 2. The van der Waals surface area contributed by atoms with Crippen molar-refractivity contribution < 1.29 is 19.4 Å². The van der Waals surface area contributed by atoms with Crippen LogP contribution in [-0.4, -0.2) is 30.3 Å². The summed E-state index contributed by atoms with van der Waals surface area (Å²) in [5.41, 5.74) is 6.21. The van der Waals surface area contributed by atoms with Gasteiger partial charge in [0, 0.05) is 6.42 Å². The van der Waals surface area contributed by atoms with E-state index in [1.54, 1.807) is 12.1 Å². The Morgan fingerprint density at radius 1 is 1.44 bits per heavy atom. The number of ether oxygens (including phenoxy) is 2. The lowest BCUT2D eigenvalue weighted by atomic mass is 10.1. The molecule has 1 aliphatic rings. The molecule has 0 aliphatic carbocycles. The van der Waals surface area contributed by atoms with Gasteiger partial charge >= 0.3 is 5.97 Å². The van der Waals surface area contributed by atoms with Crippen LogP contribution in [-0.2, 0) is 11.2 Å². The van der Waals surface area contributed by atoms with Crippen molar-refractivity contribution in [2.45, 2.75) is 18.9 Å². The number of carboxylic acid groups (broad SMARTS) is 1. The van der Waals surface area contributed by atoms with Crippen molar-refractivity contribution in [3.05, 3.63) is 22.7 Å². The number of carbonyl (C=O) groups is 1. The summed E-state index contributed by atoms with van der Waals surface area (Å²) in [5.74, 6) is 0.0210. The van der Waals surface area contributed by atoms with E-state index in [4.69, 9.17) is 31.9 Å². The fraction of sp³-hybridized carbons (Fsp3) is 0.417. The summed E-state index contributed by atoms with van der Waals surface area (Å²) in [4.78, 5) is 10.7. The minimum absolute atomic E-state index is 0.200. The van der Waals surface area contributed by atoms with Crippen LogP contribution in [0.4, 0.5) is 0 Å². The molecular weight excluding hydrogens is 258 g/mol. The lowest BCUT2D eigenvalue weighted by Crippen LogP contribution is -2.32. The van der Waals surface area contributed by atoms with Crippen LogP contribution in [0.15, 0.2) is 12.1 Å². The topological polar surface area (TPSA) is 81.8 Å². The molecule has 2 rings (SSSR count). The van der Waals surface area contributed by atoms with Gasteiger partial charge in [-0.2, -0.15) is 0 Å². The maximum absolute atomic E-state index is 10.7. The minimum atomic E-state index is -1.04. The maximum Gasteiger partial charge on any atom is 0.320 e. The van der Waals surface area contributed by atoms with Crippen LogP contribution in [0.25, 0.3) is 0 Å². The monoisotopic (exact) mass is 271 g/mol. The zero-order chi connectivity index (χ0) is 13.1. The van der Waals surface area contributed by atoms with E-state index in [-0.39, 0.29) is 6.42 Å². The van der Waals surface area contributed by atoms with E-state index in [9.17, 15) is 4.79 Å². The molecule has 0 fully saturated rings. The van der Waals surface area contributed by atoms with Crippen molar-refractivity contribution in [3.8, 4) is 11.5 Å². The van der Waals surface area contributed by atoms with Crippen molar-refractivity contribution >= 4 is 17.6 Å². The molecule has 0 aromatic heterocycles. The second-order valence-corrected chi connectivity index (χ2v) is 4.51. The number of carboxylic acids is 1. The Balaban J connectivity index is 2.26. The normalized spacial score (nSPS) is 15.9. The molecule has 98 valence electrons. The first-order valence-corrected chi connectivity index (χ1v) is 6.02. The molecule has 0 radical (unpaired) electrons. The molecule has 0 spiro atoms. The molecule has 18 heavy (non-hydrogen) atoms. The molecule has 6 heteroatoms. The average Bonchev–Trinajstić information content (AvgIpc) is 2.54. The van der Waals surface area contributed by atoms with Crippen LogP contribution >= 0.6 is 11.6 Å². The first kappa shape index (κ1) is 13.0. The maximum atomic E-state index is 10.7. The zero-order valence-electron chi connectivity index (χ0n) is 9.69. The SMILES string of the molecule is N[C@@H](Cc1cc(Cl)c2c(c1)OCCCO2)C(=O)O. The van der Waals surface area contributed by atoms with E-state index in [0.29, 0.717) is 29.7 Å². The summed E-state index contributed by atoms with van der Waals surface area (Å²) in [6.07, 6.45) is 0.987. The average molecular weight is 272 g/mol. The molecule has 1 aliphatic heterocycles. The summed E-state index contributed by atoms with van der Waals surface area (Å²) in [7, 11) is 0. The van der Waals surface area contributed by atoms with Crippen LogP contribution in [0.3, 0.4) is 0 Å². The number of fused-ring (bicyclic) bond motifs is 1. The first-order valence-electron chi connectivity index (χ1n) is 5.64. The Hall–Kier alpha value is -1.46. The lowest BCUT2D eigenvalue weighted by molar-refractivity contribution is -0.138. The Bertz CT molecular complexity index is 464. The van der Waals surface area contributed by atoms with E-state index in [1.165, 1.54) is 0 Å². The van der Waals surface area contributed by atoms with E-state index >= 15 is 0 Å². The number of hydrogen-bond acceptors (Lipinski definition) is 4. The largest absolute Gasteiger partial charge is 0.489 e. The summed E-state index contributed by atoms with van der Waals surface area (Å²) in [6.45, 7) is 1.11. The molecule has 1 aromatic rings. The molecule has 0 saturated carbocycles. The predicted octanol–water partition coefficient (Wildman–Crippen LogP) is 1.46. The summed E-state index contributed by atoms with van der Waals surface area (Å²) in [6, 6.07) is 2.44. The standard InChI is InChI=1S/C12H14ClNO4/c13-8-4-7(5-9(14)12(15)16)6-10-11(8)18-3-1-2-17-10/h4,6,9H,1-3,5,14H2,(H,15,16)/t9-/m0/s1. The van der Waals surface area contributed by atoms with E-state index in [2.05, 4.69) is 0 Å². The van der Waals surface area contributed by atoms with Gasteiger partial charge in [0.05, 0.1) is 18.2 Å². The van der Waals surface area contributed by atoms with E-state index < -0.39 is 12.0 Å². The van der Waals surface area contributed by atoms with Gasteiger partial charge in [0.2, 0.25) is 0 Å². The summed E-state index contributed by atoms with van der Waals surface area (Å²) in [5, 5.41) is 9.20. The fourth-order valence-corrected chi connectivity index (χ4v) is 2.03. The molecule has 3 N–H and O–H groups in total. The highest BCUT2D eigenvalue weighted by molar-refractivity contribution is 6.32. The molecule has 0 saturated heterocycles. The van der Waals surface area contributed by atoms with Crippen LogP contribution in [0.5, 0.6) is 11.5 Å². The van der Waals surface area contributed by atoms with Gasteiger partial charge in [-0.05, 0) is 24.1 Å². The van der Waals surface area contributed by atoms with Crippen LogP contribution in [0, 0.1) is 0 Å². The first-order chi connectivity index (χ1) is 8.58. The van der Waals surface area contributed by atoms with Gasteiger partial charge in [-0.1, -0.05) is 11.6 Å². The number of halogens is 1. The summed E-state index contributed by atoms with van der Waals surface area (Å²) < 4.78 is 11.0. The highest BCUT2D eigenvalue weighted by atomic mass is 35.5. The molecule has 0 unspecified atom stereocenters. The smallest absolute Gasteiger partial charge is 0.320 e. The predicted molar refractivity (Wildman–Crippen MR) is 66.4 cm³/mol. The third-order valence-corrected chi connectivity index (χ3v) is 2.92. The number of nitrogens with two attached hydrogens (primary N) is 1. The van der Waals surface area contributed by atoms with Gasteiger partial charge in [0.1, 0.15) is 6.04 Å². The van der Waals surface area contributed by atoms with Crippen molar-refractivity contribution in [2.24, 2.45) is 5.73 Å². The molecule has 5 nitrogen and oxygen atoms in total.